The van der Waals surface area contributed by atoms with E-state index >= 15 is 0 Å². The molecule has 104 valence electrons. The lowest BCUT2D eigenvalue weighted by Gasteiger charge is -2.34. The summed E-state index contributed by atoms with van der Waals surface area (Å²) in [6.45, 7) is 1.31. The molecule has 1 aromatic carbocycles. The molecule has 0 atom stereocenters. The second-order valence-corrected chi connectivity index (χ2v) is 6.42. The number of benzene rings is 1. The summed E-state index contributed by atoms with van der Waals surface area (Å²) in [7, 11) is 1.88. The summed E-state index contributed by atoms with van der Waals surface area (Å²) in [6, 6.07) is 9.60. The number of rotatable bonds is 6. The van der Waals surface area contributed by atoms with Crippen molar-refractivity contribution in [3.05, 3.63) is 30.3 Å². The smallest absolute Gasteiger partial charge is 0.225 e. The summed E-state index contributed by atoms with van der Waals surface area (Å²) >= 11 is 3.57. The third-order valence-corrected chi connectivity index (χ3v) is 4.21. The lowest BCUT2D eigenvalue weighted by molar-refractivity contribution is -0.131. The molecule has 0 aromatic heterocycles. The van der Waals surface area contributed by atoms with E-state index in [1.165, 1.54) is 12.8 Å². The van der Waals surface area contributed by atoms with Crippen LogP contribution < -0.4 is 4.74 Å². The van der Waals surface area contributed by atoms with Crippen LogP contribution in [0.2, 0.25) is 0 Å². The third-order valence-electron chi connectivity index (χ3n) is 3.46. The van der Waals surface area contributed by atoms with Gasteiger partial charge in [0.15, 0.2) is 0 Å². The van der Waals surface area contributed by atoms with Crippen molar-refractivity contribution in [2.24, 2.45) is 5.92 Å². The monoisotopic (exact) mass is 325 g/mol. The quantitative estimate of drug-likeness (QED) is 0.752. The summed E-state index contributed by atoms with van der Waals surface area (Å²) in [6.07, 6.45) is 2.80. The molecule has 0 saturated heterocycles. The van der Waals surface area contributed by atoms with Crippen molar-refractivity contribution in [3.8, 4) is 5.75 Å². The first-order chi connectivity index (χ1) is 9.15. The van der Waals surface area contributed by atoms with Crippen molar-refractivity contribution >= 4 is 21.8 Å². The van der Waals surface area contributed by atoms with Gasteiger partial charge < -0.3 is 9.64 Å². The van der Waals surface area contributed by atoms with Gasteiger partial charge in [-0.2, -0.15) is 0 Å². The van der Waals surface area contributed by atoms with Gasteiger partial charge in [-0.1, -0.05) is 34.1 Å². The van der Waals surface area contributed by atoms with E-state index in [1.54, 1.807) is 0 Å². The minimum atomic E-state index is 0.161. The van der Waals surface area contributed by atoms with Crippen molar-refractivity contribution in [3.63, 3.8) is 0 Å². The lowest BCUT2D eigenvalue weighted by atomic mass is 9.85. The maximum Gasteiger partial charge on any atom is 0.225 e. The number of amides is 1. The van der Waals surface area contributed by atoms with E-state index in [0.717, 1.165) is 12.3 Å². The Bertz CT molecular complexity index is 404. The summed E-state index contributed by atoms with van der Waals surface area (Å²) < 4.78 is 5.53. The second kappa shape index (κ2) is 6.94. The topological polar surface area (TPSA) is 29.5 Å². The maximum absolute atomic E-state index is 11.9. The van der Waals surface area contributed by atoms with Crippen molar-refractivity contribution in [1.82, 2.24) is 4.90 Å². The molecule has 0 radical (unpaired) electrons. The molecule has 1 aliphatic rings. The number of carbonyl (C=O) groups is 1. The van der Waals surface area contributed by atoms with Gasteiger partial charge >= 0.3 is 0 Å². The zero-order valence-electron chi connectivity index (χ0n) is 11.2. The summed E-state index contributed by atoms with van der Waals surface area (Å²) in [5.41, 5.74) is 0. The number of hydrogen-bond acceptors (Lipinski definition) is 2. The van der Waals surface area contributed by atoms with Crippen LogP contribution in [0.1, 0.15) is 19.3 Å². The highest BCUT2D eigenvalue weighted by Gasteiger charge is 2.28. The van der Waals surface area contributed by atoms with Gasteiger partial charge in [0.1, 0.15) is 5.75 Å². The molecular weight excluding hydrogens is 306 g/mol. The van der Waals surface area contributed by atoms with Crippen LogP contribution in [0.5, 0.6) is 5.75 Å². The van der Waals surface area contributed by atoms with Crippen LogP contribution >= 0.6 is 15.9 Å². The van der Waals surface area contributed by atoms with Crippen molar-refractivity contribution < 1.29 is 9.53 Å². The van der Waals surface area contributed by atoms with Crippen LogP contribution in [0.3, 0.4) is 0 Å². The zero-order valence-corrected chi connectivity index (χ0v) is 12.8. The average Bonchev–Trinajstić information content (AvgIpc) is 2.38. The SMILES string of the molecule is CN(CC1CC(Br)C1)C(=O)CCOc1ccccc1. The molecule has 1 fully saturated rings. The van der Waals surface area contributed by atoms with Crippen LogP contribution in [-0.2, 0) is 4.79 Å². The minimum Gasteiger partial charge on any atom is -0.493 e. The second-order valence-electron chi connectivity index (χ2n) is 5.12. The molecule has 0 bridgehead atoms. The molecule has 0 N–H and O–H groups in total. The van der Waals surface area contributed by atoms with E-state index in [-0.39, 0.29) is 5.91 Å². The van der Waals surface area contributed by atoms with E-state index in [2.05, 4.69) is 15.9 Å². The standard InChI is InChI=1S/C15H20BrNO2/c1-17(11-12-9-13(16)10-12)15(18)7-8-19-14-5-3-2-4-6-14/h2-6,12-13H,7-11H2,1H3. The maximum atomic E-state index is 11.9. The molecule has 4 heteroatoms. The van der Waals surface area contributed by atoms with Gasteiger partial charge in [-0.15, -0.1) is 0 Å². The molecule has 1 amide bonds. The first kappa shape index (κ1) is 14.4. The van der Waals surface area contributed by atoms with E-state index in [0.29, 0.717) is 23.8 Å². The fraction of sp³-hybridized carbons (Fsp3) is 0.533. The molecule has 3 nitrogen and oxygen atoms in total. The zero-order chi connectivity index (χ0) is 13.7. The Morgan fingerprint density at radius 2 is 2.05 bits per heavy atom. The highest BCUT2D eigenvalue weighted by Crippen LogP contribution is 2.33. The molecule has 1 aliphatic carbocycles. The van der Waals surface area contributed by atoms with Gasteiger partial charge in [0.2, 0.25) is 5.91 Å². The van der Waals surface area contributed by atoms with Crippen molar-refractivity contribution in [2.75, 3.05) is 20.2 Å². The highest BCUT2D eigenvalue weighted by atomic mass is 79.9. The van der Waals surface area contributed by atoms with Gasteiger partial charge in [0, 0.05) is 18.4 Å². The fourth-order valence-corrected chi connectivity index (χ4v) is 3.31. The molecule has 0 aliphatic heterocycles. The predicted octanol–water partition coefficient (Wildman–Crippen LogP) is 3.09. The number of para-hydroxylation sites is 1. The Labute approximate surface area is 123 Å². The molecule has 0 heterocycles. The first-order valence-corrected chi connectivity index (χ1v) is 7.62. The summed E-state index contributed by atoms with van der Waals surface area (Å²) in [5, 5.41) is 0. The molecule has 1 saturated carbocycles. The van der Waals surface area contributed by atoms with Crippen LogP contribution in [0.15, 0.2) is 30.3 Å². The summed E-state index contributed by atoms with van der Waals surface area (Å²) in [4.78, 5) is 14.4. The Morgan fingerprint density at radius 1 is 1.37 bits per heavy atom. The number of alkyl halides is 1. The summed E-state index contributed by atoms with van der Waals surface area (Å²) in [5.74, 6) is 1.64. The van der Waals surface area contributed by atoms with Crippen LogP contribution in [-0.4, -0.2) is 35.8 Å². The minimum absolute atomic E-state index is 0.161. The highest BCUT2D eigenvalue weighted by molar-refractivity contribution is 9.09. The largest absolute Gasteiger partial charge is 0.493 e. The lowest BCUT2D eigenvalue weighted by Crippen LogP contribution is -2.38. The van der Waals surface area contributed by atoms with E-state index in [4.69, 9.17) is 4.74 Å². The van der Waals surface area contributed by atoms with E-state index < -0.39 is 0 Å². The fourth-order valence-electron chi connectivity index (χ4n) is 2.26. The Balaban J connectivity index is 1.63. The molecule has 19 heavy (non-hydrogen) atoms. The Hall–Kier alpha value is -1.03. The van der Waals surface area contributed by atoms with Crippen molar-refractivity contribution in [2.45, 2.75) is 24.1 Å². The van der Waals surface area contributed by atoms with Crippen LogP contribution in [0.25, 0.3) is 0 Å². The molecular formula is C15H20BrNO2. The predicted molar refractivity (Wildman–Crippen MR) is 79.6 cm³/mol. The van der Waals surface area contributed by atoms with Gasteiger partial charge in [-0.25, -0.2) is 0 Å². The Kier molecular flexibility index (Phi) is 5.25. The van der Waals surface area contributed by atoms with Gasteiger partial charge in [0.25, 0.3) is 0 Å². The van der Waals surface area contributed by atoms with Crippen LogP contribution in [0.4, 0.5) is 0 Å². The Morgan fingerprint density at radius 3 is 2.68 bits per heavy atom. The normalized spacial score (nSPS) is 21.6. The van der Waals surface area contributed by atoms with Gasteiger partial charge in [0.05, 0.1) is 13.0 Å². The van der Waals surface area contributed by atoms with Gasteiger partial charge in [-0.3, -0.25) is 4.79 Å². The number of halogens is 1. The van der Waals surface area contributed by atoms with Crippen molar-refractivity contribution in [1.29, 1.82) is 0 Å². The number of hydrogen-bond donors (Lipinski definition) is 0. The van der Waals surface area contributed by atoms with E-state index in [1.807, 2.05) is 42.3 Å². The number of carbonyl (C=O) groups excluding carboxylic acids is 1. The van der Waals surface area contributed by atoms with Gasteiger partial charge in [-0.05, 0) is 30.9 Å². The molecule has 1 aromatic rings. The van der Waals surface area contributed by atoms with E-state index in [9.17, 15) is 4.79 Å². The first-order valence-electron chi connectivity index (χ1n) is 6.71. The third kappa shape index (κ3) is 4.53. The van der Waals surface area contributed by atoms with Crippen LogP contribution in [0, 0.1) is 5.92 Å². The number of ether oxygens (including phenoxy) is 1. The molecule has 2 rings (SSSR count). The molecule has 0 unspecified atom stereocenters. The number of nitrogens with zero attached hydrogens (tertiary/aromatic N) is 1. The molecule has 0 spiro atoms. The average molecular weight is 326 g/mol.